The highest BCUT2D eigenvalue weighted by Crippen LogP contribution is 2.22. The van der Waals surface area contributed by atoms with Crippen molar-refractivity contribution in [2.75, 3.05) is 19.7 Å². The molecule has 0 saturated carbocycles. The van der Waals surface area contributed by atoms with Crippen LogP contribution in [0, 0.1) is 18.7 Å². The molecule has 3 rings (SSSR count). The fourth-order valence-corrected chi connectivity index (χ4v) is 2.90. The zero-order valence-corrected chi connectivity index (χ0v) is 13.7. The zero-order chi connectivity index (χ0) is 16.9. The number of hydrogen-bond donors (Lipinski definition) is 0. The molecule has 0 N–H and O–H groups in total. The third-order valence-electron chi connectivity index (χ3n) is 4.34. The largest absolute Gasteiger partial charge is 0.494 e. The third-order valence-corrected chi connectivity index (χ3v) is 4.34. The van der Waals surface area contributed by atoms with Gasteiger partial charge in [-0.3, -0.25) is 9.78 Å². The Hall–Kier alpha value is -2.43. The molecule has 126 valence electrons. The van der Waals surface area contributed by atoms with Gasteiger partial charge in [-0.1, -0.05) is 0 Å². The minimum Gasteiger partial charge on any atom is -0.494 e. The van der Waals surface area contributed by atoms with Gasteiger partial charge in [-0.05, 0) is 62.1 Å². The molecule has 0 aliphatic carbocycles. The number of aryl methyl sites for hydroxylation is 1. The highest BCUT2D eigenvalue weighted by atomic mass is 19.1. The Bertz CT molecular complexity index is 686. The second-order valence-electron chi connectivity index (χ2n) is 6.19. The molecule has 24 heavy (non-hydrogen) atoms. The lowest BCUT2D eigenvalue weighted by molar-refractivity contribution is 0.0785. The number of carbonyl (C=O) groups excluding carboxylic acids is 1. The van der Waals surface area contributed by atoms with Crippen LogP contribution in [0.25, 0.3) is 0 Å². The molecule has 1 amide bonds. The van der Waals surface area contributed by atoms with E-state index >= 15 is 0 Å². The Morgan fingerprint density at radius 3 is 2.79 bits per heavy atom. The van der Waals surface area contributed by atoms with Gasteiger partial charge in [0.05, 0.1) is 12.2 Å². The minimum atomic E-state index is -0.266. The second-order valence-corrected chi connectivity index (χ2v) is 6.19. The normalized spacial score (nSPS) is 17.1. The van der Waals surface area contributed by atoms with Gasteiger partial charge in [-0.25, -0.2) is 4.39 Å². The van der Waals surface area contributed by atoms with Gasteiger partial charge in [0.15, 0.2) is 0 Å². The van der Waals surface area contributed by atoms with E-state index in [0.717, 1.165) is 31.6 Å². The number of likely N-dealkylation sites (tertiary alicyclic amines) is 1. The topological polar surface area (TPSA) is 42.4 Å². The fourth-order valence-electron chi connectivity index (χ4n) is 2.90. The molecule has 1 atom stereocenters. The molecule has 1 aliphatic rings. The molecule has 1 unspecified atom stereocenters. The average molecular weight is 328 g/mol. The van der Waals surface area contributed by atoms with E-state index in [-0.39, 0.29) is 11.7 Å². The van der Waals surface area contributed by atoms with Crippen molar-refractivity contribution < 1.29 is 13.9 Å². The molecule has 1 aromatic heterocycles. The smallest absolute Gasteiger partial charge is 0.255 e. The monoisotopic (exact) mass is 328 g/mol. The summed E-state index contributed by atoms with van der Waals surface area (Å²) < 4.78 is 18.5. The van der Waals surface area contributed by atoms with Crippen LogP contribution in [0.4, 0.5) is 4.39 Å². The first-order valence-corrected chi connectivity index (χ1v) is 8.22. The highest BCUT2D eigenvalue weighted by molar-refractivity contribution is 5.94. The van der Waals surface area contributed by atoms with E-state index in [9.17, 15) is 9.18 Å². The van der Waals surface area contributed by atoms with Crippen LogP contribution >= 0.6 is 0 Å². The van der Waals surface area contributed by atoms with Gasteiger partial charge in [0, 0.05) is 25.0 Å². The predicted octanol–water partition coefficient (Wildman–Crippen LogP) is 3.46. The second kappa shape index (κ2) is 7.43. The van der Waals surface area contributed by atoms with Crippen molar-refractivity contribution in [2.45, 2.75) is 19.8 Å². The number of benzene rings is 1. The van der Waals surface area contributed by atoms with Crippen molar-refractivity contribution in [1.29, 1.82) is 0 Å². The number of nitrogens with zero attached hydrogens (tertiary/aromatic N) is 2. The summed E-state index contributed by atoms with van der Waals surface area (Å²) in [4.78, 5) is 18.5. The van der Waals surface area contributed by atoms with Crippen molar-refractivity contribution >= 4 is 5.91 Å². The summed E-state index contributed by atoms with van der Waals surface area (Å²) in [6.45, 7) is 4.00. The highest BCUT2D eigenvalue weighted by Gasteiger charge is 2.26. The van der Waals surface area contributed by atoms with Gasteiger partial charge < -0.3 is 9.64 Å². The summed E-state index contributed by atoms with van der Waals surface area (Å²) in [5.74, 6) is 0.892. The number of ether oxygens (including phenoxy) is 1. The fraction of sp³-hybridized carbons (Fsp3) is 0.368. The molecule has 5 heteroatoms. The molecule has 0 radical (unpaired) electrons. The van der Waals surface area contributed by atoms with Crippen LogP contribution in [-0.2, 0) is 0 Å². The van der Waals surface area contributed by atoms with E-state index in [2.05, 4.69) is 4.98 Å². The summed E-state index contributed by atoms with van der Waals surface area (Å²) in [5.41, 5.74) is 1.55. The minimum absolute atomic E-state index is 0.0458. The van der Waals surface area contributed by atoms with Gasteiger partial charge in [0.2, 0.25) is 0 Å². The number of pyridine rings is 1. The molecular formula is C19H21FN2O2. The van der Waals surface area contributed by atoms with E-state index in [1.807, 2.05) is 24.0 Å². The standard InChI is InChI=1S/C19H21FN2O2/c1-14-2-3-16(12-21-14)19(23)22-10-8-15(13-22)9-11-24-18-6-4-17(20)5-7-18/h2-7,12,15H,8-11,13H2,1H3. The number of amides is 1. The first-order chi connectivity index (χ1) is 11.6. The SMILES string of the molecule is Cc1ccc(C(=O)N2CCC(CCOc3ccc(F)cc3)C2)cn1. The van der Waals surface area contributed by atoms with Gasteiger partial charge in [0.25, 0.3) is 5.91 Å². The number of halogens is 1. The van der Waals surface area contributed by atoms with Crippen molar-refractivity contribution in [2.24, 2.45) is 5.92 Å². The van der Waals surface area contributed by atoms with Gasteiger partial charge in [-0.2, -0.15) is 0 Å². The molecule has 2 heterocycles. The summed E-state index contributed by atoms with van der Waals surface area (Å²) in [6.07, 6.45) is 3.51. The lowest BCUT2D eigenvalue weighted by Crippen LogP contribution is -2.29. The molecule has 2 aromatic rings. The van der Waals surface area contributed by atoms with E-state index in [1.54, 1.807) is 18.3 Å². The van der Waals surface area contributed by atoms with Gasteiger partial charge in [-0.15, -0.1) is 0 Å². The lowest BCUT2D eigenvalue weighted by atomic mass is 10.1. The lowest BCUT2D eigenvalue weighted by Gasteiger charge is -2.16. The Balaban J connectivity index is 1.46. The molecule has 1 aromatic carbocycles. The van der Waals surface area contributed by atoms with E-state index in [4.69, 9.17) is 4.74 Å². The molecule has 1 saturated heterocycles. The maximum absolute atomic E-state index is 12.8. The van der Waals surface area contributed by atoms with E-state index in [1.165, 1.54) is 12.1 Å². The number of rotatable bonds is 5. The molecule has 4 nitrogen and oxygen atoms in total. The van der Waals surface area contributed by atoms with Gasteiger partial charge >= 0.3 is 0 Å². The predicted molar refractivity (Wildman–Crippen MR) is 89.5 cm³/mol. The van der Waals surface area contributed by atoms with Crippen molar-refractivity contribution in [3.63, 3.8) is 0 Å². The quantitative estimate of drug-likeness (QED) is 0.844. The first-order valence-electron chi connectivity index (χ1n) is 8.22. The van der Waals surface area contributed by atoms with Crippen molar-refractivity contribution in [3.8, 4) is 5.75 Å². The molecular weight excluding hydrogens is 307 g/mol. The first kappa shape index (κ1) is 16.4. The van der Waals surface area contributed by atoms with E-state index < -0.39 is 0 Å². The summed E-state index contributed by atoms with van der Waals surface area (Å²) in [6, 6.07) is 9.73. The number of aromatic nitrogens is 1. The molecule has 1 fully saturated rings. The molecule has 0 spiro atoms. The van der Waals surface area contributed by atoms with Crippen LogP contribution < -0.4 is 4.74 Å². The number of hydrogen-bond acceptors (Lipinski definition) is 3. The van der Waals surface area contributed by atoms with Crippen molar-refractivity contribution in [3.05, 3.63) is 59.7 Å². The summed E-state index contributed by atoms with van der Waals surface area (Å²) >= 11 is 0. The van der Waals surface area contributed by atoms with Crippen LogP contribution in [-0.4, -0.2) is 35.5 Å². The maximum atomic E-state index is 12.8. The summed E-state index contributed by atoms with van der Waals surface area (Å²) in [5, 5.41) is 0. The van der Waals surface area contributed by atoms with E-state index in [0.29, 0.717) is 23.8 Å². The summed E-state index contributed by atoms with van der Waals surface area (Å²) in [7, 11) is 0. The Labute approximate surface area is 141 Å². The van der Waals surface area contributed by atoms with Crippen LogP contribution in [0.1, 0.15) is 28.9 Å². The van der Waals surface area contributed by atoms with Crippen LogP contribution in [0.2, 0.25) is 0 Å². The Kier molecular flexibility index (Phi) is 5.08. The molecule has 0 bridgehead atoms. The number of carbonyl (C=O) groups is 1. The van der Waals surface area contributed by atoms with Crippen LogP contribution in [0.5, 0.6) is 5.75 Å². The van der Waals surface area contributed by atoms with Crippen LogP contribution in [0.15, 0.2) is 42.6 Å². The molecule has 1 aliphatic heterocycles. The van der Waals surface area contributed by atoms with Crippen molar-refractivity contribution in [1.82, 2.24) is 9.88 Å². The van der Waals surface area contributed by atoms with Gasteiger partial charge in [0.1, 0.15) is 11.6 Å². The third kappa shape index (κ3) is 4.10. The zero-order valence-electron chi connectivity index (χ0n) is 13.7. The average Bonchev–Trinajstić information content (AvgIpc) is 3.06. The Morgan fingerprint density at radius 2 is 2.08 bits per heavy atom. The Morgan fingerprint density at radius 1 is 1.29 bits per heavy atom. The van der Waals surface area contributed by atoms with Crippen LogP contribution in [0.3, 0.4) is 0 Å². The maximum Gasteiger partial charge on any atom is 0.255 e.